The average molecular weight is 449 g/mol. The van der Waals surface area contributed by atoms with Gasteiger partial charge in [-0.15, -0.1) is 24.0 Å². The number of hydrogen-bond donors (Lipinski definition) is 2. The van der Waals surface area contributed by atoms with Gasteiger partial charge in [0.05, 0.1) is 6.10 Å². The van der Waals surface area contributed by atoms with Crippen LogP contribution in [-0.2, 0) is 4.74 Å². The lowest BCUT2D eigenvalue weighted by Gasteiger charge is -2.30. The third-order valence-electron chi connectivity index (χ3n) is 4.35. The number of rotatable bonds is 5. The number of aliphatic imine (C=N–C) groups is 1. The fourth-order valence-corrected chi connectivity index (χ4v) is 2.78. The van der Waals surface area contributed by atoms with Gasteiger partial charge in [0.2, 0.25) is 0 Å². The minimum Gasteiger partial charge on any atom is -0.379 e. The Balaban J connectivity index is 0.00000288. The molecule has 0 spiro atoms. The van der Waals surface area contributed by atoms with Crippen molar-refractivity contribution in [3.8, 4) is 0 Å². The van der Waals surface area contributed by atoms with Gasteiger partial charge in [-0.2, -0.15) is 0 Å². The van der Waals surface area contributed by atoms with Crippen molar-refractivity contribution < 1.29 is 9.13 Å². The molecule has 4 nitrogen and oxygen atoms in total. The summed E-state index contributed by atoms with van der Waals surface area (Å²) >= 11 is 0. The van der Waals surface area contributed by atoms with Crippen molar-refractivity contribution in [3.05, 3.63) is 35.6 Å². The molecule has 0 amide bonds. The van der Waals surface area contributed by atoms with Crippen LogP contribution >= 0.6 is 24.0 Å². The predicted octanol–water partition coefficient (Wildman–Crippen LogP) is 3.53. The van der Waals surface area contributed by atoms with E-state index in [0.717, 1.165) is 17.9 Å². The first-order valence-electron chi connectivity index (χ1n) is 8.11. The maximum atomic E-state index is 13.8. The SMILES string of the molecule is CN=C(NCC(OC)C(C)(C)C)NC1CC1c1ccccc1F.I. The number of benzene rings is 1. The van der Waals surface area contributed by atoms with Gasteiger partial charge in [-0.05, 0) is 23.5 Å². The Morgan fingerprint density at radius 3 is 2.58 bits per heavy atom. The summed E-state index contributed by atoms with van der Waals surface area (Å²) in [5.41, 5.74) is 0.834. The van der Waals surface area contributed by atoms with Gasteiger partial charge in [0.1, 0.15) is 5.82 Å². The number of guanidine groups is 1. The number of methoxy groups -OCH3 is 1. The highest BCUT2D eigenvalue weighted by Gasteiger charge is 2.40. The Hall–Kier alpha value is -0.890. The molecule has 0 radical (unpaired) electrons. The molecule has 0 aliphatic heterocycles. The summed E-state index contributed by atoms with van der Waals surface area (Å²) in [4.78, 5) is 4.25. The maximum Gasteiger partial charge on any atom is 0.191 e. The molecule has 0 heterocycles. The first-order valence-corrected chi connectivity index (χ1v) is 8.11. The quantitative estimate of drug-likeness (QED) is 0.411. The van der Waals surface area contributed by atoms with Crippen molar-refractivity contribution in [3.63, 3.8) is 0 Å². The van der Waals surface area contributed by atoms with E-state index >= 15 is 0 Å². The molecule has 0 saturated heterocycles. The molecule has 1 aliphatic rings. The van der Waals surface area contributed by atoms with Crippen LogP contribution in [0, 0.1) is 11.2 Å². The summed E-state index contributed by atoms with van der Waals surface area (Å²) < 4.78 is 19.4. The Morgan fingerprint density at radius 1 is 1.38 bits per heavy atom. The molecule has 2 rings (SSSR count). The van der Waals surface area contributed by atoms with Gasteiger partial charge in [0, 0.05) is 32.7 Å². The average Bonchev–Trinajstić information content (AvgIpc) is 3.24. The van der Waals surface area contributed by atoms with Gasteiger partial charge in [-0.25, -0.2) is 4.39 Å². The highest BCUT2D eigenvalue weighted by Crippen LogP contribution is 2.41. The van der Waals surface area contributed by atoms with Crippen molar-refractivity contribution in [2.75, 3.05) is 20.7 Å². The molecule has 1 aromatic rings. The van der Waals surface area contributed by atoms with E-state index < -0.39 is 0 Å². The van der Waals surface area contributed by atoms with Crippen molar-refractivity contribution in [1.29, 1.82) is 0 Å². The van der Waals surface area contributed by atoms with Crippen LogP contribution < -0.4 is 10.6 Å². The molecule has 1 saturated carbocycles. The highest BCUT2D eigenvalue weighted by atomic mass is 127. The van der Waals surface area contributed by atoms with E-state index in [9.17, 15) is 4.39 Å². The third-order valence-corrected chi connectivity index (χ3v) is 4.35. The van der Waals surface area contributed by atoms with Crippen LogP contribution in [0.3, 0.4) is 0 Å². The molecule has 136 valence electrons. The summed E-state index contributed by atoms with van der Waals surface area (Å²) in [7, 11) is 3.47. The van der Waals surface area contributed by atoms with E-state index in [4.69, 9.17) is 4.74 Å². The molecule has 6 heteroatoms. The normalized spacial score (nSPS) is 21.7. The molecule has 3 atom stereocenters. The molecular weight excluding hydrogens is 420 g/mol. The van der Waals surface area contributed by atoms with Crippen LogP contribution in [0.5, 0.6) is 0 Å². The van der Waals surface area contributed by atoms with Crippen molar-refractivity contribution in [2.24, 2.45) is 10.4 Å². The lowest BCUT2D eigenvalue weighted by atomic mass is 9.89. The standard InChI is InChI=1S/C18H28FN3O.HI/c1-18(2,3)16(23-5)11-21-17(20-4)22-15-10-13(15)12-8-6-7-9-14(12)19;/h6-9,13,15-16H,10-11H2,1-5H3,(H2,20,21,22);1H. The molecule has 3 unspecified atom stereocenters. The fourth-order valence-electron chi connectivity index (χ4n) is 2.78. The van der Waals surface area contributed by atoms with Crippen molar-refractivity contribution >= 4 is 29.9 Å². The van der Waals surface area contributed by atoms with Gasteiger partial charge in [-0.3, -0.25) is 4.99 Å². The number of halogens is 2. The lowest BCUT2D eigenvalue weighted by Crippen LogP contribution is -2.46. The molecule has 0 bridgehead atoms. The molecular formula is C18H29FIN3O. The number of nitrogens with zero attached hydrogens (tertiary/aromatic N) is 1. The molecule has 0 aromatic heterocycles. The van der Waals surface area contributed by atoms with E-state index in [2.05, 4.69) is 36.4 Å². The van der Waals surface area contributed by atoms with E-state index in [1.165, 1.54) is 6.07 Å². The first kappa shape index (κ1) is 21.2. The number of ether oxygens (including phenoxy) is 1. The zero-order chi connectivity index (χ0) is 17.0. The van der Waals surface area contributed by atoms with Crippen LogP contribution in [-0.4, -0.2) is 38.8 Å². The van der Waals surface area contributed by atoms with Gasteiger partial charge in [0.15, 0.2) is 5.96 Å². The summed E-state index contributed by atoms with van der Waals surface area (Å²) in [6, 6.07) is 7.21. The summed E-state index contributed by atoms with van der Waals surface area (Å²) in [6.07, 6.45) is 1.01. The largest absolute Gasteiger partial charge is 0.379 e. The van der Waals surface area contributed by atoms with Gasteiger partial charge >= 0.3 is 0 Å². The minimum absolute atomic E-state index is 0. The predicted molar refractivity (Wildman–Crippen MR) is 108 cm³/mol. The summed E-state index contributed by atoms with van der Waals surface area (Å²) in [5.74, 6) is 0.827. The maximum absolute atomic E-state index is 13.8. The van der Waals surface area contributed by atoms with Crippen molar-refractivity contribution in [1.82, 2.24) is 10.6 Å². The van der Waals surface area contributed by atoms with Gasteiger partial charge < -0.3 is 15.4 Å². The van der Waals surface area contributed by atoms with Crippen molar-refractivity contribution in [2.45, 2.75) is 45.3 Å². The second-order valence-electron chi connectivity index (χ2n) is 7.16. The first-order chi connectivity index (χ1) is 10.9. The third kappa shape index (κ3) is 5.58. The Morgan fingerprint density at radius 2 is 2.04 bits per heavy atom. The number of hydrogen-bond acceptors (Lipinski definition) is 2. The Bertz CT molecular complexity index is 559. The van der Waals surface area contributed by atoms with Gasteiger partial charge in [-0.1, -0.05) is 39.0 Å². The smallest absolute Gasteiger partial charge is 0.191 e. The van der Waals surface area contributed by atoms with E-state index in [0.29, 0.717) is 6.54 Å². The fraction of sp³-hybridized carbons (Fsp3) is 0.611. The lowest BCUT2D eigenvalue weighted by molar-refractivity contribution is 0.0205. The highest BCUT2D eigenvalue weighted by molar-refractivity contribution is 14.0. The molecule has 2 N–H and O–H groups in total. The summed E-state index contributed by atoms with van der Waals surface area (Å²) in [6.45, 7) is 7.12. The zero-order valence-electron chi connectivity index (χ0n) is 15.1. The molecule has 1 aromatic carbocycles. The molecule has 1 aliphatic carbocycles. The van der Waals surface area contributed by atoms with Crippen LogP contribution in [0.25, 0.3) is 0 Å². The topological polar surface area (TPSA) is 45.7 Å². The Labute approximate surface area is 161 Å². The van der Waals surface area contributed by atoms with Crippen LogP contribution in [0.4, 0.5) is 4.39 Å². The summed E-state index contributed by atoms with van der Waals surface area (Å²) in [5, 5.41) is 6.67. The van der Waals surface area contributed by atoms with Crippen LogP contribution in [0.2, 0.25) is 0 Å². The van der Waals surface area contributed by atoms with E-state index in [1.54, 1.807) is 20.2 Å². The minimum atomic E-state index is -0.128. The van der Waals surface area contributed by atoms with Crippen LogP contribution in [0.15, 0.2) is 29.3 Å². The van der Waals surface area contributed by atoms with Crippen LogP contribution in [0.1, 0.15) is 38.7 Å². The molecule has 1 fully saturated rings. The monoisotopic (exact) mass is 449 g/mol. The van der Waals surface area contributed by atoms with E-state index in [-0.39, 0.29) is 53.3 Å². The number of nitrogens with one attached hydrogen (secondary N) is 2. The van der Waals surface area contributed by atoms with E-state index in [1.807, 2.05) is 12.1 Å². The Kier molecular flexibility index (Phi) is 7.92. The van der Waals surface area contributed by atoms with Gasteiger partial charge in [0.25, 0.3) is 0 Å². The molecule has 24 heavy (non-hydrogen) atoms. The zero-order valence-corrected chi connectivity index (χ0v) is 17.4. The second kappa shape index (κ2) is 8.99. The second-order valence-corrected chi connectivity index (χ2v) is 7.16.